The van der Waals surface area contributed by atoms with Crippen molar-refractivity contribution in [3.8, 4) is 11.5 Å². The predicted molar refractivity (Wildman–Crippen MR) is 142 cm³/mol. The van der Waals surface area contributed by atoms with E-state index in [2.05, 4.69) is 5.32 Å². The Morgan fingerprint density at radius 2 is 1.50 bits per heavy atom. The van der Waals surface area contributed by atoms with Crippen molar-refractivity contribution in [3.05, 3.63) is 95.6 Å². The topological polar surface area (TPSA) is 67.9 Å². The molecule has 0 aliphatic heterocycles. The first-order valence-electron chi connectivity index (χ1n) is 12.1. The van der Waals surface area contributed by atoms with Crippen molar-refractivity contribution in [1.82, 2.24) is 10.2 Å². The molecule has 3 rings (SSSR count). The fraction of sp³-hybridized carbons (Fsp3) is 0.333. The molecule has 190 valence electrons. The fourth-order valence-corrected chi connectivity index (χ4v) is 3.94. The van der Waals surface area contributed by atoms with Gasteiger partial charge < -0.3 is 19.7 Å². The van der Waals surface area contributed by atoms with Gasteiger partial charge in [0, 0.05) is 18.5 Å². The maximum Gasteiger partial charge on any atom is 0.261 e. The third-order valence-corrected chi connectivity index (χ3v) is 5.79. The van der Waals surface area contributed by atoms with Gasteiger partial charge in [0.2, 0.25) is 5.91 Å². The molecule has 0 fully saturated rings. The average Bonchev–Trinajstić information content (AvgIpc) is 2.85. The molecule has 0 radical (unpaired) electrons. The van der Waals surface area contributed by atoms with E-state index in [0.717, 1.165) is 16.7 Å². The third kappa shape index (κ3) is 7.60. The van der Waals surface area contributed by atoms with Crippen LogP contribution >= 0.6 is 0 Å². The van der Waals surface area contributed by atoms with Crippen molar-refractivity contribution >= 4 is 11.8 Å². The lowest BCUT2D eigenvalue weighted by molar-refractivity contribution is -0.143. The van der Waals surface area contributed by atoms with Gasteiger partial charge in [-0.15, -0.1) is 0 Å². The molecule has 6 heteroatoms. The molecule has 0 aromatic heterocycles. The van der Waals surface area contributed by atoms with Crippen LogP contribution in [0.25, 0.3) is 0 Å². The van der Waals surface area contributed by atoms with Gasteiger partial charge in [-0.1, -0.05) is 66.7 Å². The molecule has 0 bridgehead atoms. The highest BCUT2D eigenvalue weighted by molar-refractivity contribution is 5.89. The van der Waals surface area contributed by atoms with Gasteiger partial charge in [0.1, 0.15) is 6.04 Å². The molecule has 0 heterocycles. The van der Waals surface area contributed by atoms with Crippen molar-refractivity contribution in [3.63, 3.8) is 0 Å². The summed E-state index contributed by atoms with van der Waals surface area (Å²) in [5.41, 5.74) is 2.55. The van der Waals surface area contributed by atoms with Crippen LogP contribution in [-0.4, -0.2) is 42.0 Å². The van der Waals surface area contributed by atoms with Crippen molar-refractivity contribution in [2.75, 3.05) is 13.7 Å². The number of ether oxygens (including phenoxy) is 2. The van der Waals surface area contributed by atoms with Crippen molar-refractivity contribution in [1.29, 1.82) is 0 Å². The Bertz CT molecular complexity index is 1150. The van der Waals surface area contributed by atoms with Crippen LogP contribution in [0.15, 0.2) is 78.9 Å². The molecule has 0 saturated heterocycles. The second kappa shape index (κ2) is 12.2. The number of methoxy groups -OCH3 is 1. The number of benzene rings is 3. The maximum absolute atomic E-state index is 13.7. The van der Waals surface area contributed by atoms with Gasteiger partial charge >= 0.3 is 0 Å². The number of amides is 2. The third-order valence-electron chi connectivity index (χ3n) is 5.79. The minimum absolute atomic E-state index is 0.203. The summed E-state index contributed by atoms with van der Waals surface area (Å²) in [5, 5.41) is 3.07. The molecular formula is C30H36N2O4. The summed E-state index contributed by atoms with van der Waals surface area (Å²) < 4.78 is 11.2. The van der Waals surface area contributed by atoms with E-state index in [0.29, 0.717) is 17.9 Å². The summed E-state index contributed by atoms with van der Waals surface area (Å²) in [4.78, 5) is 28.9. The molecule has 0 aliphatic carbocycles. The molecule has 0 spiro atoms. The number of carbonyl (C=O) groups is 2. The van der Waals surface area contributed by atoms with Gasteiger partial charge in [-0.2, -0.15) is 0 Å². The molecule has 1 unspecified atom stereocenters. The summed E-state index contributed by atoms with van der Waals surface area (Å²) in [7, 11) is 1.56. The fourth-order valence-electron chi connectivity index (χ4n) is 3.94. The molecule has 6 nitrogen and oxygen atoms in total. The molecule has 3 aromatic rings. The minimum Gasteiger partial charge on any atom is -0.493 e. The molecule has 1 N–H and O–H groups in total. The molecule has 0 aliphatic rings. The second-order valence-corrected chi connectivity index (χ2v) is 9.83. The van der Waals surface area contributed by atoms with Gasteiger partial charge in [-0.05, 0) is 56.5 Å². The Morgan fingerprint density at radius 1 is 0.889 bits per heavy atom. The quantitative estimate of drug-likeness (QED) is 0.439. The van der Waals surface area contributed by atoms with Crippen molar-refractivity contribution < 1.29 is 19.1 Å². The highest BCUT2D eigenvalue weighted by Crippen LogP contribution is 2.26. The summed E-state index contributed by atoms with van der Waals surface area (Å²) >= 11 is 0. The van der Waals surface area contributed by atoms with Gasteiger partial charge in [-0.25, -0.2) is 0 Å². The summed E-state index contributed by atoms with van der Waals surface area (Å²) in [6.07, 6.45) is 0.384. The summed E-state index contributed by atoms with van der Waals surface area (Å²) in [6, 6.07) is 24.1. The zero-order chi connectivity index (χ0) is 26.1. The van der Waals surface area contributed by atoms with Crippen LogP contribution in [-0.2, 0) is 22.6 Å². The average molecular weight is 489 g/mol. The molecule has 0 saturated carbocycles. The Kier molecular flexibility index (Phi) is 9.12. The first kappa shape index (κ1) is 26.8. The summed E-state index contributed by atoms with van der Waals surface area (Å²) in [5.74, 6) is 0.532. The summed E-state index contributed by atoms with van der Waals surface area (Å²) in [6.45, 7) is 7.87. The molecule has 3 aromatic carbocycles. The number of nitrogens with zero attached hydrogens (tertiary/aromatic N) is 1. The van der Waals surface area contributed by atoms with Gasteiger partial charge in [-0.3, -0.25) is 9.59 Å². The molecule has 2 amide bonds. The Balaban J connectivity index is 1.95. The highest BCUT2D eigenvalue weighted by Gasteiger charge is 2.32. The van der Waals surface area contributed by atoms with Gasteiger partial charge in [0.15, 0.2) is 18.1 Å². The first-order valence-corrected chi connectivity index (χ1v) is 12.1. The number of nitrogens with one attached hydrogen (secondary N) is 1. The van der Waals surface area contributed by atoms with Gasteiger partial charge in [0.05, 0.1) is 7.11 Å². The number of rotatable bonds is 10. The van der Waals surface area contributed by atoms with E-state index in [1.807, 2.05) is 94.4 Å². The Morgan fingerprint density at radius 3 is 2.14 bits per heavy atom. The Hall–Kier alpha value is -3.80. The molecule has 36 heavy (non-hydrogen) atoms. The minimum atomic E-state index is -0.722. The normalized spacial score (nSPS) is 11.9. The van der Waals surface area contributed by atoms with E-state index < -0.39 is 11.6 Å². The SMILES string of the molecule is COc1ccccc1OCC(=O)N(Cc1ccccc1C)C(Cc1ccccc1)C(=O)NC(C)(C)C. The van der Waals surface area contributed by atoms with E-state index in [1.165, 1.54) is 0 Å². The van der Waals surface area contributed by atoms with Crippen LogP contribution in [0.3, 0.4) is 0 Å². The van der Waals surface area contributed by atoms with Crippen LogP contribution in [0.1, 0.15) is 37.5 Å². The van der Waals surface area contributed by atoms with E-state index in [4.69, 9.17) is 9.47 Å². The molecule has 1 atom stereocenters. The zero-order valence-electron chi connectivity index (χ0n) is 21.8. The highest BCUT2D eigenvalue weighted by atomic mass is 16.5. The van der Waals surface area contributed by atoms with Crippen LogP contribution in [0.4, 0.5) is 0 Å². The lowest BCUT2D eigenvalue weighted by Crippen LogP contribution is -2.55. The number of carbonyl (C=O) groups excluding carboxylic acids is 2. The van der Waals surface area contributed by atoms with Crippen LogP contribution in [0.5, 0.6) is 11.5 Å². The zero-order valence-corrected chi connectivity index (χ0v) is 21.8. The van der Waals surface area contributed by atoms with Crippen molar-refractivity contribution in [2.24, 2.45) is 0 Å². The lowest BCUT2D eigenvalue weighted by atomic mass is 10.00. The van der Waals surface area contributed by atoms with E-state index in [-0.39, 0.29) is 25.0 Å². The van der Waals surface area contributed by atoms with E-state index >= 15 is 0 Å². The monoisotopic (exact) mass is 488 g/mol. The van der Waals surface area contributed by atoms with Gasteiger partial charge in [0.25, 0.3) is 5.91 Å². The van der Waals surface area contributed by atoms with E-state index in [9.17, 15) is 9.59 Å². The second-order valence-electron chi connectivity index (χ2n) is 9.83. The first-order chi connectivity index (χ1) is 17.2. The number of para-hydroxylation sites is 2. The van der Waals surface area contributed by atoms with Crippen LogP contribution < -0.4 is 14.8 Å². The van der Waals surface area contributed by atoms with Crippen LogP contribution in [0.2, 0.25) is 0 Å². The van der Waals surface area contributed by atoms with Crippen LogP contribution in [0, 0.1) is 6.92 Å². The Labute approximate surface area is 214 Å². The number of hydrogen-bond acceptors (Lipinski definition) is 4. The van der Waals surface area contributed by atoms with E-state index in [1.54, 1.807) is 24.1 Å². The maximum atomic E-state index is 13.7. The predicted octanol–water partition coefficient (Wildman–Crippen LogP) is 4.94. The standard InChI is InChI=1S/C30H36N2O4/c1-22-13-9-10-16-24(22)20-32(28(33)21-36-27-18-12-11-17-26(27)35-5)25(29(34)31-30(2,3)4)19-23-14-7-6-8-15-23/h6-18,25H,19-21H2,1-5H3,(H,31,34). The number of hydrogen-bond donors (Lipinski definition) is 1. The molecular weight excluding hydrogens is 452 g/mol. The smallest absolute Gasteiger partial charge is 0.261 e. The lowest BCUT2D eigenvalue weighted by Gasteiger charge is -2.34. The number of aryl methyl sites for hydroxylation is 1. The largest absolute Gasteiger partial charge is 0.493 e. The van der Waals surface area contributed by atoms with Crippen molar-refractivity contribution in [2.45, 2.75) is 52.2 Å².